The molecule has 0 fully saturated rings. The number of anilines is 2. The number of nitrogens with one attached hydrogen (secondary N) is 1. The Morgan fingerprint density at radius 3 is 2.59 bits per heavy atom. The molecule has 0 saturated heterocycles. The predicted molar refractivity (Wildman–Crippen MR) is 121 cm³/mol. The molecule has 3 aromatic carbocycles. The third kappa shape index (κ3) is 4.21. The highest BCUT2D eigenvalue weighted by molar-refractivity contribution is 7.81. The van der Waals surface area contributed by atoms with Crippen molar-refractivity contribution in [3.63, 3.8) is 0 Å². The van der Waals surface area contributed by atoms with E-state index in [1.54, 1.807) is 13.4 Å². The highest BCUT2D eigenvalue weighted by atomic mass is 32.2. The van der Waals surface area contributed by atoms with Crippen molar-refractivity contribution in [2.75, 3.05) is 25.2 Å². The van der Waals surface area contributed by atoms with Gasteiger partial charge in [-0.1, -0.05) is 30.3 Å². The van der Waals surface area contributed by atoms with Crippen molar-refractivity contribution in [3.05, 3.63) is 77.4 Å². The lowest BCUT2D eigenvalue weighted by Crippen LogP contribution is -2.31. The summed E-state index contributed by atoms with van der Waals surface area (Å²) in [5.74, 6) is 0.860. The Morgan fingerprint density at radius 2 is 1.86 bits per heavy atom. The van der Waals surface area contributed by atoms with Crippen LogP contribution in [0.2, 0.25) is 0 Å². The SMILES string of the molecule is COc1ccc(-c2cc(Nc3cccc4c3CCN(S(C)=O)C4)ccc2C)cc1. The zero-order valence-corrected chi connectivity index (χ0v) is 17.9. The van der Waals surface area contributed by atoms with Crippen molar-refractivity contribution < 1.29 is 8.95 Å². The van der Waals surface area contributed by atoms with Crippen LogP contribution in [0.15, 0.2) is 60.7 Å². The van der Waals surface area contributed by atoms with E-state index in [4.69, 9.17) is 4.74 Å². The number of ether oxygens (including phenoxy) is 1. The molecule has 5 heteroatoms. The van der Waals surface area contributed by atoms with Gasteiger partial charge in [0.15, 0.2) is 0 Å². The zero-order valence-electron chi connectivity index (χ0n) is 17.1. The van der Waals surface area contributed by atoms with E-state index < -0.39 is 11.0 Å². The summed E-state index contributed by atoms with van der Waals surface area (Å²) < 4.78 is 19.1. The van der Waals surface area contributed by atoms with E-state index >= 15 is 0 Å². The van der Waals surface area contributed by atoms with Crippen LogP contribution in [0.25, 0.3) is 11.1 Å². The molecule has 3 aromatic rings. The van der Waals surface area contributed by atoms with Crippen LogP contribution in [-0.2, 0) is 24.0 Å². The number of nitrogens with zero attached hydrogens (tertiary/aromatic N) is 1. The smallest absolute Gasteiger partial charge is 0.118 e. The Morgan fingerprint density at radius 1 is 1.07 bits per heavy atom. The first-order chi connectivity index (χ1) is 14.0. The highest BCUT2D eigenvalue weighted by Crippen LogP contribution is 2.32. The van der Waals surface area contributed by atoms with Crippen LogP contribution in [0.1, 0.15) is 16.7 Å². The van der Waals surface area contributed by atoms with E-state index in [-0.39, 0.29) is 0 Å². The summed E-state index contributed by atoms with van der Waals surface area (Å²) in [4.78, 5) is 0. The fraction of sp³-hybridized carbons (Fsp3) is 0.250. The summed E-state index contributed by atoms with van der Waals surface area (Å²) in [6.45, 7) is 3.69. The molecule has 4 nitrogen and oxygen atoms in total. The fourth-order valence-electron chi connectivity index (χ4n) is 3.86. The average molecular weight is 407 g/mol. The van der Waals surface area contributed by atoms with E-state index in [1.807, 2.05) is 16.4 Å². The minimum Gasteiger partial charge on any atom is -0.497 e. The number of hydrogen-bond donors (Lipinski definition) is 1. The van der Waals surface area contributed by atoms with E-state index in [1.165, 1.54) is 27.8 Å². The second-order valence-corrected chi connectivity index (χ2v) is 8.73. The number of aryl methyl sites for hydroxylation is 1. The quantitative estimate of drug-likeness (QED) is 0.643. The maximum atomic E-state index is 11.8. The van der Waals surface area contributed by atoms with E-state index in [0.717, 1.165) is 36.6 Å². The molecule has 4 rings (SSSR count). The first kappa shape index (κ1) is 19.7. The van der Waals surface area contributed by atoms with Crippen LogP contribution in [0.3, 0.4) is 0 Å². The van der Waals surface area contributed by atoms with Gasteiger partial charge in [0.2, 0.25) is 0 Å². The van der Waals surface area contributed by atoms with Crippen molar-refractivity contribution in [3.8, 4) is 16.9 Å². The normalized spacial score (nSPS) is 14.9. The van der Waals surface area contributed by atoms with Gasteiger partial charge in [-0.3, -0.25) is 0 Å². The molecule has 1 atom stereocenters. The van der Waals surface area contributed by atoms with Crippen LogP contribution in [-0.4, -0.2) is 28.4 Å². The van der Waals surface area contributed by atoms with Gasteiger partial charge in [-0.2, -0.15) is 0 Å². The van der Waals surface area contributed by atoms with Gasteiger partial charge in [0.25, 0.3) is 0 Å². The Kier molecular flexibility index (Phi) is 5.69. The Balaban J connectivity index is 1.62. The van der Waals surface area contributed by atoms with Crippen LogP contribution in [0.5, 0.6) is 5.75 Å². The van der Waals surface area contributed by atoms with Gasteiger partial charge in [0.1, 0.15) is 5.75 Å². The standard InChI is InChI=1S/C24H26N2O2S/c1-17-7-10-20(15-23(17)18-8-11-21(28-2)12-9-18)25-24-6-4-5-19-16-26(29(3)27)14-13-22(19)24/h4-12,15,25H,13-14,16H2,1-3H3. The van der Waals surface area contributed by atoms with Gasteiger partial charge >= 0.3 is 0 Å². The van der Waals surface area contributed by atoms with Gasteiger partial charge in [0, 0.05) is 30.7 Å². The van der Waals surface area contributed by atoms with E-state index in [9.17, 15) is 4.21 Å². The molecule has 0 aromatic heterocycles. The van der Waals surface area contributed by atoms with E-state index in [0.29, 0.717) is 0 Å². The van der Waals surface area contributed by atoms with Crippen LogP contribution in [0, 0.1) is 6.92 Å². The zero-order chi connectivity index (χ0) is 20.4. The summed E-state index contributed by atoms with van der Waals surface area (Å²) in [6, 6.07) is 21.0. The molecule has 1 N–H and O–H groups in total. The summed E-state index contributed by atoms with van der Waals surface area (Å²) in [6.07, 6.45) is 2.65. The van der Waals surface area contributed by atoms with Crippen molar-refractivity contribution >= 4 is 22.4 Å². The summed E-state index contributed by atoms with van der Waals surface area (Å²) >= 11 is 0. The Labute approximate surface area is 175 Å². The van der Waals surface area contributed by atoms with Gasteiger partial charge in [0.05, 0.1) is 18.1 Å². The second kappa shape index (κ2) is 8.39. The van der Waals surface area contributed by atoms with Gasteiger partial charge < -0.3 is 10.1 Å². The summed E-state index contributed by atoms with van der Waals surface area (Å²) in [5.41, 5.74) is 8.37. The molecule has 0 saturated carbocycles. The highest BCUT2D eigenvalue weighted by Gasteiger charge is 2.20. The number of fused-ring (bicyclic) bond motifs is 1. The number of methoxy groups -OCH3 is 1. The van der Waals surface area contributed by atoms with Crippen LogP contribution >= 0.6 is 0 Å². The molecule has 1 aliphatic rings. The molecule has 1 heterocycles. The molecule has 29 heavy (non-hydrogen) atoms. The van der Waals surface area contributed by atoms with E-state index in [2.05, 4.69) is 60.8 Å². The van der Waals surface area contributed by atoms with Crippen molar-refractivity contribution in [2.24, 2.45) is 0 Å². The minimum atomic E-state index is -0.929. The minimum absolute atomic E-state index is 0.735. The molecule has 0 amide bonds. The molecule has 0 radical (unpaired) electrons. The number of rotatable bonds is 5. The summed E-state index contributed by atoms with van der Waals surface area (Å²) in [7, 11) is 0.754. The second-order valence-electron chi connectivity index (χ2n) is 7.36. The van der Waals surface area contributed by atoms with Crippen molar-refractivity contribution in [1.29, 1.82) is 0 Å². The average Bonchev–Trinajstić information content (AvgIpc) is 2.75. The topological polar surface area (TPSA) is 41.6 Å². The number of benzene rings is 3. The predicted octanol–water partition coefficient (Wildman–Crippen LogP) is 5.07. The largest absolute Gasteiger partial charge is 0.497 e. The van der Waals surface area contributed by atoms with Gasteiger partial charge in [-0.15, -0.1) is 0 Å². The molecule has 1 unspecified atom stereocenters. The van der Waals surface area contributed by atoms with Crippen LogP contribution < -0.4 is 10.1 Å². The van der Waals surface area contributed by atoms with Crippen molar-refractivity contribution in [1.82, 2.24) is 4.31 Å². The third-order valence-electron chi connectivity index (χ3n) is 5.51. The van der Waals surface area contributed by atoms with Crippen molar-refractivity contribution in [2.45, 2.75) is 19.9 Å². The third-order valence-corrected chi connectivity index (χ3v) is 6.55. The first-order valence-corrected chi connectivity index (χ1v) is 11.3. The van der Waals surface area contributed by atoms with Crippen LogP contribution in [0.4, 0.5) is 11.4 Å². The lowest BCUT2D eigenvalue weighted by Gasteiger charge is -2.28. The maximum Gasteiger partial charge on any atom is 0.118 e. The molecule has 1 aliphatic heterocycles. The lowest BCUT2D eigenvalue weighted by atomic mass is 9.97. The summed E-state index contributed by atoms with van der Waals surface area (Å²) in [5, 5.41) is 3.62. The lowest BCUT2D eigenvalue weighted by molar-refractivity contribution is 0.415. The molecular formula is C24H26N2O2S. The molecule has 150 valence electrons. The molecule has 0 spiro atoms. The first-order valence-electron chi connectivity index (χ1n) is 9.76. The fourth-order valence-corrected chi connectivity index (χ4v) is 4.53. The monoisotopic (exact) mass is 406 g/mol. The molecular weight excluding hydrogens is 380 g/mol. The number of hydrogen-bond acceptors (Lipinski definition) is 3. The molecule has 0 aliphatic carbocycles. The van der Waals surface area contributed by atoms with Gasteiger partial charge in [-0.25, -0.2) is 8.51 Å². The Bertz CT molecular complexity index is 1050. The molecule has 0 bridgehead atoms. The maximum absolute atomic E-state index is 11.8. The van der Waals surface area contributed by atoms with Gasteiger partial charge in [-0.05, 0) is 71.5 Å². The Hall–Kier alpha value is -2.63.